The van der Waals surface area contributed by atoms with Crippen LogP contribution < -0.4 is 0 Å². The molecule has 0 radical (unpaired) electrons. The second-order valence-corrected chi connectivity index (χ2v) is 8.14. The van der Waals surface area contributed by atoms with Crippen molar-refractivity contribution >= 4 is 41.0 Å². The lowest BCUT2D eigenvalue weighted by atomic mass is 10.2. The summed E-state index contributed by atoms with van der Waals surface area (Å²) in [6.45, 7) is 6.68. The molecule has 10 heteroatoms. The number of carbonyl (C=O) groups excluding carboxylic acids is 3. The molecule has 3 rings (SSSR count). The predicted octanol–water partition coefficient (Wildman–Crippen LogP) is 2.78. The van der Waals surface area contributed by atoms with Gasteiger partial charge in [-0.05, 0) is 25.5 Å². The molecular formula is C21H24Cl2N4O4. The SMILES string of the molecule is CC(=O)N1CCN(C(=O)C(C)OC(=O)c2c(C)nn(Cc3ccccc3Cl)c2Cl)CC1. The first-order chi connectivity index (χ1) is 14.7. The van der Waals surface area contributed by atoms with Crippen LogP contribution in [0.25, 0.3) is 0 Å². The van der Waals surface area contributed by atoms with Crippen molar-refractivity contribution in [1.82, 2.24) is 19.6 Å². The number of amides is 2. The number of carbonyl (C=O) groups is 3. The molecule has 1 fully saturated rings. The quantitative estimate of drug-likeness (QED) is 0.632. The van der Waals surface area contributed by atoms with Crippen LogP contribution in [-0.2, 0) is 20.9 Å². The van der Waals surface area contributed by atoms with Gasteiger partial charge in [0.15, 0.2) is 6.10 Å². The summed E-state index contributed by atoms with van der Waals surface area (Å²) in [4.78, 5) is 40.1. The van der Waals surface area contributed by atoms with Crippen molar-refractivity contribution in [2.45, 2.75) is 33.4 Å². The highest BCUT2D eigenvalue weighted by Crippen LogP contribution is 2.24. The molecule has 1 aliphatic heterocycles. The minimum atomic E-state index is -0.987. The highest BCUT2D eigenvalue weighted by atomic mass is 35.5. The number of halogens is 2. The van der Waals surface area contributed by atoms with E-state index < -0.39 is 12.1 Å². The summed E-state index contributed by atoms with van der Waals surface area (Å²) in [7, 11) is 0. The van der Waals surface area contributed by atoms with E-state index in [2.05, 4.69) is 5.10 Å². The Morgan fingerprint density at radius 2 is 1.71 bits per heavy atom. The van der Waals surface area contributed by atoms with Crippen LogP contribution in [0.15, 0.2) is 24.3 Å². The summed E-state index contributed by atoms with van der Waals surface area (Å²) < 4.78 is 6.87. The Kier molecular flexibility index (Phi) is 7.23. The third kappa shape index (κ3) is 5.19. The van der Waals surface area contributed by atoms with E-state index in [0.717, 1.165) is 5.56 Å². The number of piperazine rings is 1. The number of aromatic nitrogens is 2. The number of hydrogen-bond donors (Lipinski definition) is 0. The normalized spacial score (nSPS) is 15.0. The van der Waals surface area contributed by atoms with Gasteiger partial charge in [0, 0.05) is 38.1 Å². The van der Waals surface area contributed by atoms with Gasteiger partial charge in [-0.2, -0.15) is 5.10 Å². The van der Waals surface area contributed by atoms with E-state index in [4.69, 9.17) is 27.9 Å². The Hall–Kier alpha value is -2.58. The van der Waals surface area contributed by atoms with Gasteiger partial charge in [0.25, 0.3) is 5.91 Å². The lowest BCUT2D eigenvalue weighted by Gasteiger charge is -2.35. The van der Waals surface area contributed by atoms with E-state index >= 15 is 0 Å². The van der Waals surface area contributed by atoms with Gasteiger partial charge in [-0.1, -0.05) is 41.4 Å². The number of benzene rings is 1. The van der Waals surface area contributed by atoms with Gasteiger partial charge in [-0.3, -0.25) is 9.59 Å². The zero-order chi connectivity index (χ0) is 22.7. The maximum absolute atomic E-state index is 12.7. The van der Waals surface area contributed by atoms with Gasteiger partial charge in [0.1, 0.15) is 10.7 Å². The van der Waals surface area contributed by atoms with Gasteiger partial charge >= 0.3 is 5.97 Å². The summed E-state index contributed by atoms with van der Waals surface area (Å²) in [5.41, 5.74) is 1.33. The van der Waals surface area contributed by atoms with Crippen LogP contribution in [0, 0.1) is 6.92 Å². The molecule has 1 aliphatic rings. The van der Waals surface area contributed by atoms with Crippen LogP contribution in [0.2, 0.25) is 10.2 Å². The third-order valence-electron chi connectivity index (χ3n) is 5.22. The smallest absolute Gasteiger partial charge is 0.343 e. The molecule has 0 N–H and O–H groups in total. The topological polar surface area (TPSA) is 84.7 Å². The summed E-state index contributed by atoms with van der Waals surface area (Å²) in [6, 6.07) is 7.28. The lowest BCUT2D eigenvalue weighted by Crippen LogP contribution is -2.52. The highest BCUT2D eigenvalue weighted by Gasteiger charge is 2.30. The average molecular weight is 467 g/mol. The first-order valence-electron chi connectivity index (χ1n) is 9.90. The molecule has 0 saturated carbocycles. The molecule has 2 heterocycles. The molecule has 8 nitrogen and oxygen atoms in total. The van der Waals surface area contributed by atoms with Gasteiger partial charge in [-0.25, -0.2) is 9.48 Å². The second kappa shape index (κ2) is 9.70. The Balaban J connectivity index is 1.66. The maximum Gasteiger partial charge on any atom is 0.343 e. The fourth-order valence-electron chi connectivity index (χ4n) is 3.45. The summed E-state index contributed by atoms with van der Waals surface area (Å²) >= 11 is 12.6. The molecule has 2 amide bonds. The number of nitrogens with zero attached hydrogens (tertiary/aromatic N) is 4. The van der Waals surface area contributed by atoms with E-state index in [1.54, 1.807) is 22.8 Å². The van der Waals surface area contributed by atoms with Crippen molar-refractivity contribution in [3.63, 3.8) is 0 Å². The maximum atomic E-state index is 12.7. The van der Waals surface area contributed by atoms with E-state index in [9.17, 15) is 14.4 Å². The second-order valence-electron chi connectivity index (χ2n) is 7.38. The first-order valence-corrected chi connectivity index (χ1v) is 10.7. The van der Waals surface area contributed by atoms with E-state index in [-0.39, 0.29) is 22.5 Å². The molecule has 166 valence electrons. The number of hydrogen-bond acceptors (Lipinski definition) is 5. The Morgan fingerprint density at radius 3 is 2.32 bits per heavy atom. The van der Waals surface area contributed by atoms with Crippen LogP contribution in [0.3, 0.4) is 0 Å². The fraction of sp³-hybridized carbons (Fsp3) is 0.429. The Morgan fingerprint density at radius 1 is 1.10 bits per heavy atom. The molecule has 0 bridgehead atoms. The molecule has 1 aromatic carbocycles. The largest absolute Gasteiger partial charge is 0.449 e. The molecule has 0 spiro atoms. The lowest BCUT2D eigenvalue weighted by molar-refractivity contribution is -0.144. The van der Waals surface area contributed by atoms with Crippen molar-refractivity contribution in [3.05, 3.63) is 51.3 Å². The summed E-state index contributed by atoms with van der Waals surface area (Å²) in [5, 5.41) is 5.02. The molecular weight excluding hydrogens is 443 g/mol. The van der Waals surface area contributed by atoms with Gasteiger partial charge < -0.3 is 14.5 Å². The van der Waals surface area contributed by atoms with Crippen molar-refractivity contribution < 1.29 is 19.1 Å². The number of ether oxygens (including phenoxy) is 1. The van der Waals surface area contributed by atoms with Gasteiger partial charge in [0.2, 0.25) is 5.91 Å². The molecule has 2 aromatic rings. The molecule has 1 saturated heterocycles. The van der Waals surface area contributed by atoms with Crippen LogP contribution in [0.5, 0.6) is 0 Å². The number of rotatable bonds is 5. The van der Waals surface area contributed by atoms with Crippen molar-refractivity contribution in [2.75, 3.05) is 26.2 Å². The van der Waals surface area contributed by atoms with Crippen molar-refractivity contribution in [3.8, 4) is 0 Å². The number of esters is 1. The average Bonchev–Trinajstić information content (AvgIpc) is 3.02. The van der Waals surface area contributed by atoms with Gasteiger partial charge in [0.05, 0.1) is 12.2 Å². The zero-order valence-corrected chi connectivity index (χ0v) is 19.1. The van der Waals surface area contributed by atoms with E-state index in [1.807, 2.05) is 18.2 Å². The van der Waals surface area contributed by atoms with Crippen molar-refractivity contribution in [1.29, 1.82) is 0 Å². The molecule has 0 aliphatic carbocycles. The van der Waals surface area contributed by atoms with E-state index in [1.165, 1.54) is 18.5 Å². The molecule has 1 atom stereocenters. The fourth-order valence-corrected chi connectivity index (χ4v) is 3.95. The van der Waals surface area contributed by atoms with Crippen LogP contribution in [-0.4, -0.2) is 69.6 Å². The third-order valence-corrected chi connectivity index (χ3v) is 5.97. The summed E-state index contributed by atoms with van der Waals surface area (Å²) in [6.07, 6.45) is -0.987. The van der Waals surface area contributed by atoms with Gasteiger partial charge in [-0.15, -0.1) is 0 Å². The van der Waals surface area contributed by atoms with E-state index in [0.29, 0.717) is 43.4 Å². The van der Waals surface area contributed by atoms with Crippen LogP contribution >= 0.6 is 23.2 Å². The van der Waals surface area contributed by atoms with Crippen LogP contribution in [0.4, 0.5) is 0 Å². The molecule has 31 heavy (non-hydrogen) atoms. The zero-order valence-electron chi connectivity index (χ0n) is 17.6. The van der Waals surface area contributed by atoms with Crippen LogP contribution in [0.1, 0.15) is 35.5 Å². The Labute approximate surface area is 190 Å². The highest BCUT2D eigenvalue weighted by molar-refractivity contribution is 6.33. The molecule has 1 unspecified atom stereocenters. The number of aryl methyl sites for hydroxylation is 1. The van der Waals surface area contributed by atoms with Crippen molar-refractivity contribution in [2.24, 2.45) is 0 Å². The molecule has 1 aromatic heterocycles. The standard InChI is InChI=1S/C21H24Cl2N4O4/c1-13-18(19(23)27(24-13)12-16-6-4-5-7-17(16)22)21(30)31-14(2)20(29)26-10-8-25(9-11-26)15(3)28/h4-7,14H,8-12H2,1-3H3. The Bertz CT molecular complexity index is 999. The monoisotopic (exact) mass is 466 g/mol. The summed E-state index contributed by atoms with van der Waals surface area (Å²) in [5.74, 6) is -1.05. The first kappa shape index (κ1) is 23.1. The minimum Gasteiger partial charge on any atom is -0.449 e. The predicted molar refractivity (Wildman–Crippen MR) is 116 cm³/mol. The minimum absolute atomic E-state index is 0.0227.